The van der Waals surface area contributed by atoms with Crippen LogP contribution < -0.4 is 15.4 Å². The first-order valence-electron chi connectivity index (χ1n) is 7.14. The van der Waals surface area contributed by atoms with Crippen molar-refractivity contribution in [2.45, 2.75) is 6.92 Å². The van der Waals surface area contributed by atoms with Gasteiger partial charge in [0.1, 0.15) is 12.4 Å². The van der Waals surface area contributed by atoms with Crippen LogP contribution in [-0.4, -0.2) is 24.1 Å². The minimum atomic E-state index is -0.488. The number of nitro benzene ring substituents is 1. The fourth-order valence-corrected chi connectivity index (χ4v) is 2.11. The Morgan fingerprint density at radius 1 is 1.25 bits per heavy atom. The molecule has 0 radical (unpaired) electrons. The Morgan fingerprint density at radius 2 is 1.96 bits per heavy atom. The third kappa shape index (κ3) is 4.85. The molecule has 0 aliphatic carbocycles. The molecule has 0 aliphatic heterocycles. The lowest BCUT2D eigenvalue weighted by molar-refractivity contribution is -0.385. The molecule has 0 saturated heterocycles. The molecule has 126 valence electrons. The molecule has 7 nitrogen and oxygen atoms in total. The van der Waals surface area contributed by atoms with Crippen molar-refractivity contribution in [1.29, 1.82) is 0 Å². The Morgan fingerprint density at radius 3 is 2.62 bits per heavy atom. The van der Waals surface area contributed by atoms with E-state index >= 15 is 0 Å². The number of nitrogens with zero attached hydrogens (tertiary/aromatic N) is 1. The van der Waals surface area contributed by atoms with Crippen LogP contribution in [0.4, 0.5) is 16.2 Å². The molecule has 0 atom stereocenters. The number of carbonyl (C=O) groups is 1. The van der Waals surface area contributed by atoms with Gasteiger partial charge in [0.05, 0.1) is 22.7 Å². The SMILES string of the molecule is Cc1c(NC(=O)NCCOc2ccc(Cl)cc2)cccc1[N+](=O)[O-]. The number of anilines is 1. The molecule has 0 saturated carbocycles. The maximum Gasteiger partial charge on any atom is 0.319 e. The zero-order valence-electron chi connectivity index (χ0n) is 12.9. The van der Waals surface area contributed by atoms with Gasteiger partial charge in [0, 0.05) is 11.1 Å². The first kappa shape index (κ1) is 17.6. The quantitative estimate of drug-likeness (QED) is 0.471. The van der Waals surface area contributed by atoms with Crippen molar-refractivity contribution in [3.8, 4) is 5.75 Å². The minimum Gasteiger partial charge on any atom is -0.492 e. The number of hydrogen-bond acceptors (Lipinski definition) is 4. The number of nitro groups is 1. The molecule has 2 rings (SSSR count). The summed E-state index contributed by atoms with van der Waals surface area (Å²) >= 11 is 5.77. The molecule has 0 bridgehead atoms. The topological polar surface area (TPSA) is 93.5 Å². The monoisotopic (exact) mass is 349 g/mol. The first-order valence-corrected chi connectivity index (χ1v) is 7.52. The van der Waals surface area contributed by atoms with Gasteiger partial charge in [-0.25, -0.2) is 4.79 Å². The molecule has 0 aromatic heterocycles. The van der Waals surface area contributed by atoms with E-state index in [9.17, 15) is 14.9 Å². The lowest BCUT2D eigenvalue weighted by Gasteiger charge is -2.10. The van der Waals surface area contributed by atoms with Crippen LogP contribution in [0, 0.1) is 17.0 Å². The van der Waals surface area contributed by atoms with Crippen molar-refractivity contribution >= 4 is 29.0 Å². The summed E-state index contributed by atoms with van der Waals surface area (Å²) in [6.45, 7) is 2.14. The molecule has 8 heteroatoms. The van der Waals surface area contributed by atoms with Crippen molar-refractivity contribution in [1.82, 2.24) is 5.32 Å². The fraction of sp³-hybridized carbons (Fsp3) is 0.188. The predicted molar refractivity (Wildman–Crippen MR) is 91.8 cm³/mol. The van der Waals surface area contributed by atoms with Gasteiger partial charge in [0.25, 0.3) is 5.69 Å². The molecule has 2 aromatic rings. The van der Waals surface area contributed by atoms with Gasteiger partial charge in [0.2, 0.25) is 0 Å². The number of ether oxygens (including phenoxy) is 1. The van der Waals surface area contributed by atoms with Gasteiger partial charge in [-0.15, -0.1) is 0 Å². The van der Waals surface area contributed by atoms with E-state index in [0.29, 0.717) is 22.0 Å². The zero-order valence-corrected chi connectivity index (χ0v) is 13.7. The number of benzene rings is 2. The highest BCUT2D eigenvalue weighted by Crippen LogP contribution is 2.24. The largest absolute Gasteiger partial charge is 0.492 e. The average molecular weight is 350 g/mol. The Bertz CT molecular complexity index is 735. The van der Waals surface area contributed by atoms with Gasteiger partial charge >= 0.3 is 6.03 Å². The van der Waals surface area contributed by atoms with Crippen LogP contribution in [0.5, 0.6) is 5.75 Å². The number of urea groups is 1. The summed E-state index contributed by atoms with van der Waals surface area (Å²) in [5.41, 5.74) is 0.745. The van der Waals surface area contributed by atoms with Crippen molar-refractivity contribution < 1.29 is 14.5 Å². The van der Waals surface area contributed by atoms with Crippen LogP contribution in [-0.2, 0) is 0 Å². The van der Waals surface area contributed by atoms with Crippen LogP contribution in [0.15, 0.2) is 42.5 Å². The van der Waals surface area contributed by atoms with Gasteiger partial charge in [0.15, 0.2) is 0 Å². The molecule has 24 heavy (non-hydrogen) atoms. The first-order chi connectivity index (χ1) is 11.5. The van der Waals surface area contributed by atoms with Crippen LogP contribution in [0.3, 0.4) is 0 Å². The highest BCUT2D eigenvalue weighted by molar-refractivity contribution is 6.30. The molecule has 0 spiro atoms. The van der Waals surface area contributed by atoms with Crippen molar-refractivity contribution in [2.75, 3.05) is 18.5 Å². The van der Waals surface area contributed by atoms with E-state index in [1.807, 2.05) is 0 Å². The van der Waals surface area contributed by atoms with Gasteiger partial charge in [-0.2, -0.15) is 0 Å². The molecule has 0 aliphatic rings. The van der Waals surface area contributed by atoms with E-state index in [1.54, 1.807) is 37.3 Å². The Labute approximate surface area is 143 Å². The lowest BCUT2D eigenvalue weighted by atomic mass is 10.1. The number of rotatable bonds is 6. The molecule has 0 unspecified atom stereocenters. The highest BCUT2D eigenvalue weighted by atomic mass is 35.5. The average Bonchev–Trinajstić information content (AvgIpc) is 2.55. The highest BCUT2D eigenvalue weighted by Gasteiger charge is 2.14. The van der Waals surface area contributed by atoms with Crippen molar-refractivity contribution in [3.63, 3.8) is 0 Å². The Hall–Kier alpha value is -2.80. The summed E-state index contributed by atoms with van der Waals surface area (Å²) in [4.78, 5) is 22.2. The second-order valence-electron chi connectivity index (χ2n) is 4.89. The lowest BCUT2D eigenvalue weighted by Crippen LogP contribution is -2.32. The summed E-state index contributed by atoms with van der Waals surface area (Å²) in [5, 5.41) is 16.7. The fourth-order valence-electron chi connectivity index (χ4n) is 1.99. The summed E-state index contributed by atoms with van der Waals surface area (Å²) in [5.74, 6) is 0.649. The Kier molecular flexibility index (Phi) is 5.97. The molecule has 0 fully saturated rings. The van der Waals surface area contributed by atoms with E-state index in [2.05, 4.69) is 10.6 Å². The van der Waals surface area contributed by atoms with Crippen LogP contribution in [0.2, 0.25) is 5.02 Å². The number of carbonyl (C=O) groups excluding carboxylic acids is 1. The molecule has 2 amide bonds. The second kappa shape index (κ2) is 8.16. The summed E-state index contributed by atoms with van der Waals surface area (Å²) in [6, 6.07) is 10.9. The number of halogens is 1. The predicted octanol–water partition coefficient (Wildman–Crippen LogP) is 3.76. The van der Waals surface area contributed by atoms with E-state index in [-0.39, 0.29) is 18.8 Å². The van der Waals surface area contributed by atoms with Gasteiger partial charge < -0.3 is 15.4 Å². The van der Waals surface area contributed by atoms with Gasteiger partial charge in [-0.3, -0.25) is 10.1 Å². The molecule has 2 N–H and O–H groups in total. The maximum atomic E-state index is 11.8. The molecular formula is C16H16ClN3O4. The second-order valence-corrected chi connectivity index (χ2v) is 5.33. The van der Waals surface area contributed by atoms with Crippen LogP contribution in [0.1, 0.15) is 5.56 Å². The van der Waals surface area contributed by atoms with E-state index in [4.69, 9.17) is 16.3 Å². The third-order valence-electron chi connectivity index (χ3n) is 3.22. The van der Waals surface area contributed by atoms with Gasteiger partial charge in [-0.05, 0) is 37.3 Å². The molecule has 0 heterocycles. The number of amides is 2. The van der Waals surface area contributed by atoms with Crippen LogP contribution >= 0.6 is 11.6 Å². The number of nitrogens with one attached hydrogen (secondary N) is 2. The van der Waals surface area contributed by atoms with Gasteiger partial charge in [-0.1, -0.05) is 17.7 Å². The summed E-state index contributed by atoms with van der Waals surface area (Å²) in [7, 11) is 0. The smallest absolute Gasteiger partial charge is 0.319 e. The summed E-state index contributed by atoms with van der Waals surface area (Å²) < 4.78 is 5.45. The van der Waals surface area contributed by atoms with E-state index in [1.165, 1.54) is 12.1 Å². The van der Waals surface area contributed by atoms with Crippen molar-refractivity contribution in [3.05, 3.63) is 63.2 Å². The molecule has 2 aromatic carbocycles. The third-order valence-corrected chi connectivity index (χ3v) is 3.47. The van der Waals surface area contributed by atoms with Crippen molar-refractivity contribution in [2.24, 2.45) is 0 Å². The minimum absolute atomic E-state index is 0.0427. The van der Waals surface area contributed by atoms with E-state index < -0.39 is 11.0 Å². The zero-order chi connectivity index (χ0) is 17.5. The number of hydrogen-bond donors (Lipinski definition) is 2. The normalized spacial score (nSPS) is 10.1. The summed E-state index contributed by atoms with van der Waals surface area (Å²) in [6.07, 6.45) is 0. The molecular weight excluding hydrogens is 334 g/mol. The standard InChI is InChI=1S/C16H16ClN3O4/c1-11-14(3-2-4-15(11)20(22)23)19-16(21)18-9-10-24-13-7-5-12(17)6-8-13/h2-8H,9-10H2,1H3,(H2,18,19,21). The van der Waals surface area contributed by atoms with E-state index in [0.717, 1.165) is 0 Å². The Balaban J connectivity index is 1.80. The maximum absolute atomic E-state index is 11.8. The van der Waals surface area contributed by atoms with Crippen LogP contribution in [0.25, 0.3) is 0 Å².